The Hall–Kier alpha value is -0.780. The van der Waals surface area contributed by atoms with Gasteiger partial charge in [-0.2, -0.15) is 0 Å². The number of ether oxygens (including phenoxy) is 3. The summed E-state index contributed by atoms with van der Waals surface area (Å²) in [4.78, 5) is 0. The van der Waals surface area contributed by atoms with Gasteiger partial charge < -0.3 is 19.5 Å². The molecule has 1 aromatic carbocycles. The van der Waals surface area contributed by atoms with Crippen LogP contribution < -0.4 is 14.8 Å². The first-order valence-corrected chi connectivity index (χ1v) is 7.26. The fourth-order valence-electron chi connectivity index (χ4n) is 2.20. The molecule has 0 aromatic heterocycles. The molecule has 1 aliphatic rings. The van der Waals surface area contributed by atoms with Crippen LogP contribution in [0.5, 0.6) is 11.5 Å². The fourth-order valence-corrected chi connectivity index (χ4v) is 2.67. The summed E-state index contributed by atoms with van der Waals surface area (Å²) in [5.41, 5.74) is 1.15. The van der Waals surface area contributed by atoms with Crippen molar-refractivity contribution in [2.45, 2.75) is 25.5 Å². The largest absolute Gasteiger partial charge is 0.493 e. The summed E-state index contributed by atoms with van der Waals surface area (Å²) >= 11 is 3.56. The fraction of sp³-hybridized carbons (Fsp3) is 0.571. The highest BCUT2D eigenvalue weighted by Crippen LogP contribution is 2.33. The maximum Gasteiger partial charge on any atom is 0.161 e. The van der Waals surface area contributed by atoms with Gasteiger partial charge in [0.15, 0.2) is 11.5 Å². The van der Waals surface area contributed by atoms with Gasteiger partial charge >= 0.3 is 0 Å². The first-order valence-electron chi connectivity index (χ1n) is 6.47. The van der Waals surface area contributed by atoms with E-state index in [1.54, 1.807) is 14.2 Å². The van der Waals surface area contributed by atoms with Crippen LogP contribution in [0.15, 0.2) is 16.6 Å². The van der Waals surface area contributed by atoms with Gasteiger partial charge in [0.2, 0.25) is 0 Å². The third-order valence-electron chi connectivity index (χ3n) is 3.26. The molecule has 1 saturated heterocycles. The molecule has 0 amide bonds. The van der Waals surface area contributed by atoms with E-state index in [1.807, 2.05) is 12.1 Å². The highest BCUT2D eigenvalue weighted by molar-refractivity contribution is 9.10. The summed E-state index contributed by atoms with van der Waals surface area (Å²) in [6.07, 6.45) is 2.69. The van der Waals surface area contributed by atoms with Gasteiger partial charge in [-0.25, -0.2) is 0 Å². The second-order valence-corrected chi connectivity index (χ2v) is 5.42. The molecule has 19 heavy (non-hydrogen) atoms. The van der Waals surface area contributed by atoms with Crippen molar-refractivity contribution in [3.63, 3.8) is 0 Å². The van der Waals surface area contributed by atoms with E-state index in [9.17, 15) is 0 Å². The molecule has 0 spiro atoms. The van der Waals surface area contributed by atoms with E-state index in [-0.39, 0.29) is 0 Å². The summed E-state index contributed by atoms with van der Waals surface area (Å²) in [6.45, 7) is 2.56. The van der Waals surface area contributed by atoms with Crippen LogP contribution in [0.3, 0.4) is 0 Å². The van der Waals surface area contributed by atoms with Gasteiger partial charge in [0.05, 0.1) is 20.3 Å². The zero-order valence-electron chi connectivity index (χ0n) is 11.4. The Balaban J connectivity index is 1.95. The van der Waals surface area contributed by atoms with Gasteiger partial charge in [-0.15, -0.1) is 0 Å². The maximum absolute atomic E-state index is 5.58. The third-order valence-corrected chi connectivity index (χ3v) is 4.00. The zero-order chi connectivity index (χ0) is 13.7. The quantitative estimate of drug-likeness (QED) is 0.871. The Morgan fingerprint density at radius 2 is 2.05 bits per heavy atom. The standard InChI is InChI=1S/C14H20BrNO3/c1-17-13-6-10(12(15)7-14(13)18-2)8-16-9-11-4-3-5-19-11/h6-7,11,16H,3-5,8-9H2,1-2H3/t11-/m0/s1. The van der Waals surface area contributed by atoms with Crippen LogP contribution in [0, 0.1) is 0 Å². The molecule has 1 N–H and O–H groups in total. The summed E-state index contributed by atoms with van der Waals surface area (Å²) < 4.78 is 17.2. The van der Waals surface area contributed by atoms with Crippen LogP contribution in [-0.4, -0.2) is 33.5 Å². The van der Waals surface area contributed by atoms with Gasteiger partial charge in [-0.05, 0) is 30.5 Å². The van der Waals surface area contributed by atoms with E-state index in [0.29, 0.717) is 6.10 Å². The van der Waals surface area contributed by atoms with Crippen molar-refractivity contribution in [3.05, 3.63) is 22.2 Å². The molecule has 1 heterocycles. The van der Waals surface area contributed by atoms with Gasteiger partial charge in [0.25, 0.3) is 0 Å². The minimum absolute atomic E-state index is 0.360. The van der Waals surface area contributed by atoms with E-state index in [2.05, 4.69) is 21.2 Å². The number of nitrogens with one attached hydrogen (secondary N) is 1. The van der Waals surface area contributed by atoms with E-state index < -0.39 is 0 Å². The molecule has 0 bridgehead atoms. The Morgan fingerprint density at radius 1 is 1.32 bits per heavy atom. The molecule has 4 nitrogen and oxygen atoms in total. The van der Waals surface area contributed by atoms with Crippen LogP contribution >= 0.6 is 15.9 Å². The molecule has 2 rings (SSSR count). The van der Waals surface area contributed by atoms with Crippen molar-refractivity contribution >= 4 is 15.9 Å². The predicted octanol–water partition coefficient (Wildman–Crippen LogP) is 2.73. The molecule has 5 heteroatoms. The molecular weight excluding hydrogens is 310 g/mol. The molecule has 0 radical (unpaired) electrons. The minimum atomic E-state index is 0.360. The molecule has 0 saturated carbocycles. The highest BCUT2D eigenvalue weighted by Gasteiger charge is 2.15. The Morgan fingerprint density at radius 3 is 2.68 bits per heavy atom. The van der Waals surface area contributed by atoms with E-state index in [0.717, 1.165) is 47.7 Å². The second kappa shape index (κ2) is 7.12. The first kappa shape index (κ1) is 14.6. The van der Waals surface area contributed by atoms with Crippen LogP contribution in [-0.2, 0) is 11.3 Å². The average molecular weight is 330 g/mol. The van der Waals surface area contributed by atoms with Crippen LogP contribution in [0.1, 0.15) is 18.4 Å². The summed E-state index contributed by atoms with van der Waals surface area (Å²) in [6, 6.07) is 3.92. The molecule has 1 aromatic rings. The second-order valence-electron chi connectivity index (χ2n) is 4.56. The molecule has 106 valence electrons. The Kier molecular flexibility index (Phi) is 5.48. The number of hydrogen-bond acceptors (Lipinski definition) is 4. The molecule has 0 unspecified atom stereocenters. The minimum Gasteiger partial charge on any atom is -0.493 e. The van der Waals surface area contributed by atoms with Gasteiger partial charge in [-0.3, -0.25) is 0 Å². The van der Waals surface area contributed by atoms with Crippen molar-refractivity contribution in [2.75, 3.05) is 27.4 Å². The lowest BCUT2D eigenvalue weighted by atomic mass is 10.2. The molecule has 1 aliphatic heterocycles. The number of rotatable bonds is 6. The third kappa shape index (κ3) is 3.84. The summed E-state index contributed by atoms with van der Waals surface area (Å²) in [7, 11) is 3.29. The van der Waals surface area contributed by atoms with Crippen molar-refractivity contribution in [3.8, 4) is 11.5 Å². The maximum atomic E-state index is 5.58. The lowest BCUT2D eigenvalue weighted by Crippen LogP contribution is -2.25. The number of methoxy groups -OCH3 is 2. The topological polar surface area (TPSA) is 39.7 Å². The van der Waals surface area contributed by atoms with E-state index in [4.69, 9.17) is 14.2 Å². The summed E-state index contributed by atoms with van der Waals surface area (Å²) in [5.74, 6) is 1.48. The van der Waals surface area contributed by atoms with Crippen molar-refractivity contribution in [2.24, 2.45) is 0 Å². The summed E-state index contributed by atoms with van der Waals surface area (Å²) in [5, 5.41) is 3.42. The predicted molar refractivity (Wildman–Crippen MR) is 77.9 cm³/mol. The van der Waals surface area contributed by atoms with Crippen LogP contribution in [0.25, 0.3) is 0 Å². The lowest BCUT2D eigenvalue weighted by Gasteiger charge is -2.14. The van der Waals surface area contributed by atoms with Crippen molar-refractivity contribution in [1.82, 2.24) is 5.32 Å². The van der Waals surface area contributed by atoms with Crippen LogP contribution in [0.4, 0.5) is 0 Å². The number of hydrogen-bond donors (Lipinski definition) is 1. The number of halogens is 1. The molecular formula is C14H20BrNO3. The SMILES string of the molecule is COc1cc(Br)c(CNC[C@@H]2CCCO2)cc1OC. The average Bonchev–Trinajstić information content (AvgIpc) is 2.93. The lowest BCUT2D eigenvalue weighted by molar-refractivity contribution is 0.110. The Bertz CT molecular complexity index is 419. The first-order chi connectivity index (χ1) is 9.24. The normalized spacial score (nSPS) is 18.6. The van der Waals surface area contributed by atoms with Gasteiger partial charge in [-0.1, -0.05) is 15.9 Å². The van der Waals surface area contributed by atoms with Gasteiger partial charge in [0.1, 0.15) is 0 Å². The number of benzene rings is 1. The zero-order valence-corrected chi connectivity index (χ0v) is 13.0. The van der Waals surface area contributed by atoms with Crippen molar-refractivity contribution < 1.29 is 14.2 Å². The molecule has 1 fully saturated rings. The highest BCUT2D eigenvalue weighted by atomic mass is 79.9. The van der Waals surface area contributed by atoms with E-state index in [1.165, 1.54) is 6.42 Å². The molecule has 0 aliphatic carbocycles. The van der Waals surface area contributed by atoms with Crippen LogP contribution in [0.2, 0.25) is 0 Å². The molecule has 1 atom stereocenters. The Labute approximate surface area is 122 Å². The monoisotopic (exact) mass is 329 g/mol. The van der Waals surface area contributed by atoms with Crippen molar-refractivity contribution in [1.29, 1.82) is 0 Å². The smallest absolute Gasteiger partial charge is 0.161 e. The van der Waals surface area contributed by atoms with Gasteiger partial charge in [0, 0.05) is 24.2 Å². The van der Waals surface area contributed by atoms with E-state index >= 15 is 0 Å².